The number of rotatable bonds is 6. The third-order valence-electron chi connectivity index (χ3n) is 3.06. The SMILES string of the molecule is CCCc1cc(C(C)C)ccc1CCC(N)=O. The first kappa shape index (κ1) is 13.8. The summed E-state index contributed by atoms with van der Waals surface area (Å²) in [5, 5.41) is 0. The Morgan fingerprint density at radius 1 is 1.24 bits per heavy atom. The highest BCUT2D eigenvalue weighted by Crippen LogP contribution is 2.21. The molecule has 0 unspecified atom stereocenters. The van der Waals surface area contributed by atoms with Gasteiger partial charge in [0.2, 0.25) is 5.91 Å². The van der Waals surface area contributed by atoms with Crippen LogP contribution in [0.3, 0.4) is 0 Å². The molecule has 0 atom stereocenters. The predicted octanol–water partition coefficient (Wildman–Crippen LogP) is 3.18. The van der Waals surface area contributed by atoms with Crippen LogP contribution in [0.2, 0.25) is 0 Å². The van der Waals surface area contributed by atoms with E-state index in [1.807, 2.05) is 0 Å². The summed E-state index contributed by atoms with van der Waals surface area (Å²) in [7, 11) is 0. The van der Waals surface area contributed by atoms with Crippen LogP contribution in [0.5, 0.6) is 0 Å². The Bertz CT molecular complexity index is 383. The summed E-state index contributed by atoms with van der Waals surface area (Å²) >= 11 is 0. The molecule has 2 N–H and O–H groups in total. The lowest BCUT2D eigenvalue weighted by molar-refractivity contribution is -0.117. The number of primary amides is 1. The molecule has 1 aromatic rings. The van der Waals surface area contributed by atoms with Gasteiger partial charge in [0, 0.05) is 6.42 Å². The van der Waals surface area contributed by atoms with E-state index in [0.29, 0.717) is 12.3 Å². The van der Waals surface area contributed by atoms with Crippen LogP contribution < -0.4 is 5.73 Å². The minimum absolute atomic E-state index is 0.222. The Labute approximate surface area is 104 Å². The first-order valence-corrected chi connectivity index (χ1v) is 6.44. The number of hydrogen-bond acceptors (Lipinski definition) is 1. The number of hydrogen-bond donors (Lipinski definition) is 1. The van der Waals surface area contributed by atoms with Gasteiger partial charge in [-0.15, -0.1) is 0 Å². The third kappa shape index (κ3) is 4.22. The van der Waals surface area contributed by atoms with Crippen molar-refractivity contribution in [3.63, 3.8) is 0 Å². The first-order valence-electron chi connectivity index (χ1n) is 6.44. The molecule has 2 nitrogen and oxygen atoms in total. The Balaban J connectivity index is 2.91. The Hall–Kier alpha value is -1.31. The van der Waals surface area contributed by atoms with E-state index >= 15 is 0 Å². The second-order valence-electron chi connectivity index (χ2n) is 4.90. The molecule has 0 aliphatic rings. The largest absolute Gasteiger partial charge is 0.370 e. The molecule has 0 radical (unpaired) electrons. The van der Waals surface area contributed by atoms with Crippen molar-refractivity contribution in [1.82, 2.24) is 0 Å². The monoisotopic (exact) mass is 233 g/mol. The number of benzene rings is 1. The van der Waals surface area contributed by atoms with E-state index in [1.165, 1.54) is 16.7 Å². The highest BCUT2D eigenvalue weighted by atomic mass is 16.1. The summed E-state index contributed by atoms with van der Waals surface area (Å²) in [6.07, 6.45) is 3.42. The second-order valence-corrected chi connectivity index (χ2v) is 4.90. The van der Waals surface area contributed by atoms with Crippen LogP contribution in [0.1, 0.15) is 56.2 Å². The van der Waals surface area contributed by atoms with E-state index in [1.54, 1.807) is 0 Å². The van der Waals surface area contributed by atoms with E-state index in [4.69, 9.17) is 5.73 Å². The van der Waals surface area contributed by atoms with Gasteiger partial charge in [-0.3, -0.25) is 4.79 Å². The molecule has 2 heteroatoms. The zero-order valence-corrected chi connectivity index (χ0v) is 11.1. The van der Waals surface area contributed by atoms with Gasteiger partial charge in [0.1, 0.15) is 0 Å². The maximum atomic E-state index is 10.8. The van der Waals surface area contributed by atoms with E-state index < -0.39 is 0 Å². The Kier molecular flexibility index (Phi) is 5.20. The van der Waals surface area contributed by atoms with Crippen molar-refractivity contribution in [2.24, 2.45) is 5.73 Å². The molecule has 0 fully saturated rings. The van der Waals surface area contributed by atoms with Crippen LogP contribution in [-0.4, -0.2) is 5.91 Å². The average molecular weight is 233 g/mol. The predicted molar refractivity (Wildman–Crippen MR) is 72.0 cm³/mol. The van der Waals surface area contributed by atoms with Gasteiger partial charge >= 0.3 is 0 Å². The summed E-state index contributed by atoms with van der Waals surface area (Å²) in [5.41, 5.74) is 9.22. The van der Waals surface area contributed by atoms with E-state index in [-0.39, 0.29) is 5.91 Å². The highest BCUT2D eigenvalue weighted by Gasteiger charge is 2.07. The molecule has 94 valence electrons. The van der Waals surface area contributed by atoms with Gasteiger partial charge in [-0.05, 0) is 35.4 Å². The Morgan fingerprint density at radius 2 is 1.94 bits per heavy atom. The van der Waals surface area contributed by atoms with Crippen molar-refractivity contribution < 1.29 is 4.79 Å². The standard InChI is InChI=1S/C15H23NO/c1-4-5-14-10-13(11(2)3)7-6-12(14)8-9-15(16)17/h6-7,10-11H,4-5,8-9H2,1-3H3,(H2,16,17). The topological polar surface area (TPSA) is 43.1 Å². The van der Waals surface area contributed by atoms with Crippen molar-refractivity contribution in [3.8, 4) is 0 Å². The summed E-state index contributed by atoms with van der Waals surface area (Å²) < 4.78 is 0. The van der Waals surface area contributed by atoms with Crippen LogP contribution in [0.25, 0.3) is 0 Å². The summed E-state index contributed by atoms with van der Waals surface area (Å²) in [6, 6.07) is 6.61. The quantitative estimate of drug-likeness (QED) is 0.805. The van der Waals surface area contributed by atoms with Gasteiger partial charge in [-0.1, -0.05) is 45.4 Å². The fourth-order valence-corrected chi connectivity index (χ4v) is 2.01. The lowest BCUT2D eigenvalue weighted by atomic mass is 9.93. The van der Waals surface area contributed by atoms with E-state index in [0.717, 1.165) is 19.3 Å². The van der Waals surface area contributed by atoms with E-state index in [9.17, 15) is 4.79 Å². The van der Waals surface area contributed by atoms with Gasteiger partial charge < -0.3 is 5.73 Å². The number of amides is 1. The smallest absolute Gasteiger partial charge is 0.217 e. The molecule has 0 spiro atoms. The lowest BCUT2D eigenvalue weighted by Gasteiger charge is -2.13. The zero-order valence-electron chi connectivity index (χ0n) is 11.1. The molecule has 0 heterocycles. The summed E-state index contributed by atoms with van der Waals surface area (Å²) in [4.78, 5) is 10.8. The maximum absolute atomic E-state index is 10.8. The molecule has 0 bridgehead atoms. The highest BCUT2D eigenvalue weighted by molar-refractivity contribution is 5.74. The number of aryl methyl sites for hydroxylation is 2. The minimum atomic E-state index is -0.222. The summed E-state index contributed by atoms with van der Waals surface area (Å²) in [5.74, 6) is 0.330. The Morgan fingerprint density at radius 3 is 2.47 bits per heavy atom. The van der Waals surface area contributed by atoms with Crippen LogP contribution in [0, 0.1) is 0 Å². The van der Waals surface area contributed by atoms with Gasteiger partial charge in [0.25, 0.3) is 0 Å². The van der Waals surface area contributed by atoms with Gasteiger partial charge in [0.05, 0.1) is 0 Å². The van der Waals surface area contributed by atoms with E-state index in [2.05, 4.69) is 39.0 Å². The molecular weight excluding hydrogens is 210 g/mol. The van der Waals surface area contributed by atoms with Crippen molar-refractivity contribution in [3.05, 3.63) is 34.9 Å². The maximum Gasteiger partial charge on any atom is 0.217 e. The number of carbonyl (C=O) groups excluding carboxylic acids is 1. The molecule has 0 aliphatic carbocycles. The van der Waals surface area contributed by atoms with Crippen molar-refractivity contribution in [2.45, 2.75) is 52.4 Å². The molecular formula is C15H23NO. The summed E-state index contributed by atoms with van der Waals surface area (Å²) in [6.45, 7) is 6.59. The van der Waals surface area contributed by atoms with Crippen LogP contribution >= 0.6 is 0 Å². The van der Waals surface area contributed by atoms with Crippen LogP contribution in [0.15, 0.2) is 18.2 Å². The minimum Gasteiger partial charge on any atom is -0.370 e. The van der Waals surface area contributed by atoms with Crippen LogP contribution in [-0.2, 0) is 17.6 Å². The van der Waals surface area contributed by atoms with Gasteiger partial charge in [0.15, 0.2) is 0 Å². The van der Waals surface area contributed by atoms with Crippen molar-refractivity contribution in [1.29, 1.82) is 0 Å². The van der Waals surface area contributed by atoms with Crippen LogP contribution in [0.4, 0.5) is 0 Å². The molecule has 0 saturated carbocycles. The molecule has 1 amide bonds. The zero-order chi connectivity index (χ0) is 12.8. The molecule has 1 rings (SSSR count). The fraction of sp³-hybridized carbons (Fsp3) is 0.533. The molecule has 1 aromatic carbocycles. The van der Waals surface area contributed by atoms with Crippen molar-refractivity contribution in [2.75, 3.05) is 0 Å². The first-order chi connectivity index (χ1) is 8.04. The van der Waals surface area contributed by atoms with Crippen molar-refractivity contribution >= 4 is 5.91 Å². The molecule has 17 heavy (non-hydrogen) atoms. The average Bonchev–Trinajstić information content (AvgIpc) is 2.27. The van der Waals surface area contributed by atoms with Gasteiger partial charge in [-0.2, -0.15) is 0 Å². The van der Waals surface area contributed by atoms with Gasteiger partial charge in [-0.25, -0.2) is 0 Å². The molecule has 0 saturated heterocycles. The number of carbonyl (C=O) groups is 1. The fourth-order valence-electron chi connectivity index (χ4n) is 2.01. The molecule has 0 aliphatic heterocycles. The number of nitrogens with two attached hydrogens (primary N) is 1. The molecule has 0 aromatic heterocycles. The second kappa shape index (κ2) is 6.43. The normalized spacial score (nSPS) is 10.8. The third-order valence-corrected chi connectivity index (χ3v) is 3.06. The lowest BCUT2D eigenvalue weighted by Crippen LogP contribution is -2.12.